The van der Waals surface area contributed by atoms with Crippen LogP contribution in [-0.2, 0) is 53.1 Å². The van der Waals surface area contributed by atoms with E-state index in [1.807, 2.05) is 0 Å². The van der Waals surface area contributed by atoms with Crippen LogP contribution < -0.4 is 27.8 Å². The van der Waals surface area contributed by atoms with Crippen LogP contribution in [0.25, 0.3) is 21.6 Å². The number of anilines is 2. The number of aliphatic carboxylic acids is 1. The molecule has 3 aromatic heterocycles. The fraction of sp³-hybridized carbons (Fsp3) is 0.526. The number of rotatable bonds is 21. The number of azide groups is 1. The summed E-state index contributed by atoms with van der Waals surface area (Å²) in [4.78, 5) is 101. The van der Waals surface area contributed by atoms with E-state index in [1.165, 1.54) is 43.7 Å². The molecule has 1 aromatic carbocycles. The zero-order valence-electron chi connectivity index (χ0n) is 37.9. The van der Waals surface area contributed by atoms with Crippen LogP contribution in [-0.4, -0.2) is 127 Å². The Labute approximate surface area is 401 Å². The number of carbonyl (C=O) groups is 3. The molecule has 0 saturated carbocycles. The van der Waals surface area contributed by atoms with Crippen molar-refractivity contribution in [2.75, 3.05) is 31.2 Å². The number of nitrogens with zero attached hydrogens (tertiary/aromatic N) is 9. The molecule has 33 heteroatoms. The van der Waals surface area contributed by atoms with Gasteiger partial charge in [-0.1, -0.05) is 29.4 Å². The molecule has 11 N–H and O–H groups in total. The van der Waals surface area contributed by atoms with Crippen molar-refractivity contribution in [3.05, 3.63) is 75.7 Å². The van der Waals surface area contributed by atoms with Crippen LogP contribution in [0.5, 0.6) is 0 Å². The fourth-order valence-electron chi connectivity index (χ4n) is 7.89. The number of hydrogen-bond acceptors (Lipinski definition) is 21. The lowest BCUT2D eigenvalue weighted by Crippen LogP contribution is -2.64. The van der Waals surface area contributed by atoms with Gasteiger partial charge >= 0.3 is 39.5 Å². The lowest BCUT2D eigenvalue weighted by Gasteiger charge is -2.39. The van der Waals surface area contributed by atoms with Gasteiger partial charge in [0.25, 0.3) is 0 Å². The van der Waals surface area contributed by atoms with Gasteiger partial charge in [0, 0.05) is 29.8 Å². The van der Waals surface area contributed by atoms with Crippen molar-refractivity contribution in [3.8, 4) is 0 Å². The minimum atomic E-state index is -5.41. The predicted molar refractivity (Wildman–Crippen MR) is 240 cm³/mol. The van der Waals surface area contributed by atoms with Gasteiger partial charge in [0.2, 0.25) is 0 Å². The Bertz CT molecular complexity index is 2780. The Morgan fingerprint density at radius 1 is 1.00 bits per heavy atom. The van der Waals surface area contributed by atoms with Crippen molar-refractivity contribution < 1.29 is 80.9 Å². The van der Waals surface area contributed by atoms with Crippen LogP contribution in [0.15, 0.2) is 59.1 Å². The fourth-order valence-corrected chi connectivity index (χ4v) is 9.19. The molecule has 1 unspecified atom stereocenters. The highest BCUT2D eigenvalue weighted by Gasteiger charge is 2.60. The Morgan fingerprint density at radius 2 is 1.73 bits per heavy atom. The number of aliphatic hydroxyl groups is 1. The third kappa shape index (κ3) is 13.8. The first kappa shape index (κ1) is 54.0. The number of alkyl carbamates (subject to hydrolysis) is 2. The SMILES string of the molecule is CC(C)(C)OC(=O)N[C@](CCCCNC(=O)OCc1ccccc1N=[N+]=[N-])(C(=O)O)[C@H]1[C@@H](O)[C@H](n2cnc3c(N)ncnc32)O[C@H]1COP(=O)(O)O[C@H]1C[C@H](n2ccc(N)nc2=O)O[C@@H]1COP(=O)(O)O. The van der Waals surface area contributed by atoms with E-state index in [0.717, 1.165) is 17.2 Å². The summed E-state index contributed by atoms with van der Waals surface area (Å²) < 4.78 is 65.7. The van der Waals surface area contributed by atoms with Crippen LogP contribution in [0.1, 0.15) is 64.5 Å². The number of imidazole rings is 1. The number of aliphatic hydroxyl groups excluding tert-OH is 1. The van der Waals surface area contributed by atoms with Gasteiger partial charge in [0.05, 0.1) is 31.6 Å². The van der Waals surface area contributed by atoms with E-state index in [0.29, 0.717) is 5.56 Å². The molecule has 0 spiro atoms. The van der Waals surface area contributed by atoms with Crippen LogP contribution in [0.4, 0.5) is 26.9 Å². The van der Waals surface area contributed by atoms with E-state index >= 15 is 0 Å². The molecular formula is C38H51N13O18P2. The Kier molecular flexibility index (Phi) is 17.0. The van der Waals surface area contributed by atoms with E-state index in [2.05, 4.69) is 45.1 Å². The van der Waals surface area contributed by atoms with Gasteiger partial charge in [-0.05, 0) is 57.2 Å². The molecule has 2 saturated heterocycles. The van der Waals surface area contributed by atoms with Gasteiger partial charge in [-0.3, -0.25) is 22.7 Å². The first-order valence-corrected chi connectivity index (χ1v) is 24.3. The number of hydrogen-bond donors (Lipinski definition) is 9. The maximum absolute atomic E-state index is 13.9. The maximum Gasteiger partial charge on any atom is 0.472 e. The van der Waals surface area contributed by atoms with Crippen LogP contribution in [0.3, 0.4) is 0 Å². The monoisotopic (exact) mass is 1040 g/mol. The summed E-state index contributed by atoms with van der Waals surface area (Å²) in [6, 6.07) is 7.64. The van der Waals surface area contributed by atoms with Gasteiger partial charge in [-0.15, -0.1) is 0 Å². The van der Waals surface area contributed by atoms with Crippen LogP contribution >= 0.6 is 15.6 Å². The average Bonchev–Trinajstić information content (AvgIpc) is 3.98. The minimum Gasteiger partial charge on any atom is -0.479 e. The topological polar surface area (TPSA) is 454 Å². The number of nitrogen functional groups attached to an aromatic ring is 2. The number of nitrogens with two attached hydrogens (primary N) is 2. The predicted octanol–water partition coefficient (Wildman–Crippen LogP) is 2.41. The number of fused-ring (bicyclic) bond motifs is 1. The summed E-state index contributed by atoms with van der Waals surface area (Å²) in [5.74, 6) is -3.75. The number of nitrogens with one attached hydrogen (secondary N) is 2. The number of benzene rings is 1. The number of amides is 2. The van der Waals surface area contributed by atoms with E-state index in [1.54, 1.807) is 18.2 Å². The first-order valence-electron chi connectivity index (χ1n) is 21.3. The number of phosphoric ester groups is 2. The van der Waals surface area contributed by atoms with Crippen LogP contribution in [0.2, 0.25) is 0 Å². The Hall–Kier alpha value is -6.33. The number of phosphoric acid groups is 2. The molecule has 9 atom stereocenters. The molecule has 31 nitrogen and oxygen atoms in total. The highest BCUT2D eigenvalue weighted by molar-refractivity contribution is 7.47. The molecule has 2 amide bonds. The summed E-state index contributed by atoms with van der Waals surface area (Å²) in [6.07, 6.45) is -9.40. The largest absolute Gasteiger partial charge is 0.479 e. The van der Waals surface area contributed by atoms with Gasteiger partial charge in [-0.2, -0.15) is 4.98 Å². The zero-order valence-corrected chi connectivity index (χ0v) is 39.7. The lowest BCUT2D eigenvalue weighted by molar-refractivity contribution is -0.151. The molecule has 5 heterocycles. The molecule has 0 radical (unpaired) electrons. The highest BCUT2D eigenvalue weighted by Crippen LogP contribution is 2.51. The molecule has 2 fully saturated rings. The van der Waals surface area contributed by atoms with Crippen molar-refractivity contribution in [1.29, 1.82) is 0 Å². The molecule has 0 aliphatic carbocycles. The molecular weight excluding hydrogens is 988 g/mol. The minimum absolute atomic E-state index is 0.00746. The lowest BCUT2D eigenvalue weighted by atomic mass is 9.74. The number of carboxylic acids is 1. The van der Waals surface area contributed by atoms with E-state index in [9.17, 15) is 53.2 Å². The maximum atomic E-state index is 13.9. The number of carboxylic acid groups (broad SMARTS) is 1. The molecule has 4 aromatic rings. The normalized spacial score (nSPS) is 23.0. The Morgan fingerprint density at radius 3 is 2.42 bits per heavy atom. The summed E-state index contributed by atoms with van der Waals surface area (Å²) in [5, 5.41) is 31.9. The summed E-state index contributed by atoms with van der Waals surface area (Å²) in [7, 11) is -10.6. The standard InChI is InChI=1S/C38H51N13O18P2/c1-37(2,3)68-36(57)47-38(33(53)54,11-6-7-12-42-35(56)63-15-20-8-4-5-9-21(20)48-49-41)27-24(67-32(29(27)52)51-19-45-28-30(40)43-18-44-31(28)51)17-65-71(61,62)69-22-14-26(50-13-10-25(39)46-34(50)55)66-23(22)16-64-70(58,59)60/h4-5,8-10,13,18-19,22-24,26-27,29,32,52H,6-7,11-12,14-17H2,1-3H3,(H,42,56)(H,47,57)(H,53,54)(H,61,62)(H2,39,46,55)(H2,40,43,44)(H2,58,59,60)/t22-,23+,24-,26+,27+,29+,32+,38-/m0/s1. The van der Waals surface area contributed by atoms with Gasteiger partial charge in [0.1, 0.15) is 59.9 Å². The second-order valence-corrected chi connectivity index (χ2v) is 19.6. The third-order valence-corrected chi connectivity index (χ3v) is 12.4. The first-order chi connectivity index (χ1) is 33.4. The molecule has 2 aliphatic heterocycles. The van der Waals surface area contributed by atoms with Crippen molar-refractivity contribution >= 4 is 62.3 Å². The van der Waals surface area contributed by atoms with Crippen molar-refractivity contribution in [1.82, 2.24) is 39.7 Å². The second kappa shape index (κ2) is 22.4. The zero-order chi connectivity index (χ0) is 51.9. The summed E-state index contributed by atoms with van der Waals surface area (Å²) in [6.45, 7) is 2.21. The van der Waals surface area contributed by atoms with Crippen LogP contribution in [0, 0.1) is 5.92 Å². The Balaban J connectivity index is 1.27. The van der Waals surface area contributed by atoms with E-state index in [4.69, 9.17) is 45.0 Å². The summed E-state index contributed by atoms with van der Waals surface area (Å²) >= 11 is 0. The number of unbranched alkanes of at least 4 members (excludes halogenated alkanes) is 1. The van der Waals surface area contributed by atoms with Crippen molar-refractivity contribution in [2.45, 2.75) is 101 Å². The molecule has 6 rings (SSSR count). The van der Waals surface area contributed by atoms with Gasteiger partial charge in [-0.25, -0.2) is 43.3 Å². The quantitative estimate of drug-likeness (QED) is 0.0190. The molecule has 2 aliphatic rings. The molecule has 0 bridgehead atoms. The smallest absolute Gasteiger partial charge is 0.472 e. The average molecular weight is 1040 g/mol. The van der Waals surface area contributed by atoms with Crippen molar-refractivity contribution in [3.63, 3.8) is 0 Å². The molecule has 386 valence electrons. The van der Waals surface area contributed by atoms with E-state index in [-0.39, 0.29) is 54.5 Å². The second-order valence-electron chi connectivity index (χ2n) is 16.9. The third-order valence-electron chi connectivity index (χ3n) is 10.9. The number of aromatic nitrogens is 6. The molecule has 71 heavy (non-hydrogen) atoms. The van der Waals surface area contributed by atoms with E-state index < -0.39 is 119 Å². The highest BCUT2D eigenvalue weighted by atomic mass is 31.2. The van der Waals surface area contributed by atoms with Gasteiger partial charge < -0.3 is 65.9 Å². The van der Waals surface area contributed by atoms with Gasteiger partial charge in [0.15, 0.2) is 17.7 Å². The number of carbonyl (C=O) groups excluding carboxylic acids is 2. The van der Waals surface area contributed by atoms with Crippen molar-refractivity contribution in [2.24, 2.45) is 11.0 Å². The number of ether oxygens (including phenoxy) is 4. The summed E-state index contributed by atoms with van der Waals surface area (Å²) in [5.41, 5.74) is 16.5.